The van der Waals surface area contributed by atoms with Crippen molar-refractivity contribution in [3.05, 3.63) is 53.3 Å². The highest BCUT2D eigenvalue weighted by Crippen LogP contribution is 2.30. The molecule has 1 saturated heterocycles. The van der Waals surface area contributed by atoms with Gasteiger partial charge in [-0.15, -0.1) is 0 Å². The Morgan fingerprint density at radius 1 is 1.12 bits per heavy atom. The smallest absolute Gasteiger partial charge is 0.254 e. The van der Waals surface area contributed by atoms with Gasteiger partial charge in [-0.3, -0.25) is 14.7 Å². The van der Waals surface area contributed by atoms with Crippen LogP contribution in [0.15, 0.2) is 36.7 Å². The molecule has 1 amide bonds. The molecule has 138 valence electrons. The molecule has 0 unspecified atom stereocenters. The van der Waals surface area contributed by atoms with E-state index in [1.54, 1.807) is 32.5 Å². The Morgan fingerprint density at radius 3 is 2.31 bits per heavy atom. The van der Waals surface area contributed by atoms with Gasteiger partial charge in [-0.2, -0.15) is 0 Å². The predicted octanol–water partition coefficient (Wildman–Crippen LogP) is 2.37. The molecule has 0 spiro atoms. The largest absolute Gasteiger partial charge is 0.496 e. The Hall–Kier alpha value is -2.60. The molecule has 2 aromatic rings. The zero-order chi connectivity index (χ0) is 18.5. The van der Waals surface area contributed by atoms with Crippen molar-refractivity contribution in [3.8, 4) is 11.5 Å². The molecule has 0 radical (unpaired) electrons. The number of rotatable bonds is 5. The van der Waals surface area contributed by atoms with Crippen LogP contribution in [-0.4, -0.2) is 61.1 Å². The van der Waals surface area contributed by atoms with Crippen molar-refractivity contribution < 1.29 is 14.3 Å². The van der Waals surface area contributed by atoms with E-state index in [0.717, 1.165) is 25.2 Å². The first-order valence-electron chi connectivity index (χ1n) is 8.75. The van der Waals surface area contributed by atoms with E-state index in [4.69, 9.17) is 9.47 Å². The monoisotopic (exact) mass is 355 g/mol. The Kier molecular flexibility index (Phi) is 5.73. The third kappa shape index (κ3) is 3.96. The molecule has 1 aliphatic rings. The van der Waals surface area contributed by atoms with Gasteiger partial charge in [-0.25, -0.2) is 0 Å². The van der Waals surface area contributed by atoms with Crippen LogP contribution in [0.25, 0.3) is 0 Å². The summed E-state index contributed by atoms with van der Waals surface area (Å²) in [6.45, 7) is 5.89. The fraction of sp³-hybridized carbons (Fsp3) is 0.400. The highest BCUT2D eigenvalue weighted by atomic mass is 16.5. The number of piperazine rings is 1. The summed E-state index contributed by atoms with van der Waals surface area (Å²) in [5, 5.41) is 0. The molecule has 0 aliphatic carbocycles. The number of ether oxygens (including phenoxy) is 2. The molecular formula is C20H25N3O3. The summed E-state index contributed by atoms with van der Waals surface area (Å²) in [6.07, 6.45) is 3.67. The lowest BCUT2D eigenvalue weighted by molar-refractivity contribution is 0.0627. The molecule has 0 saturated carbocycles. The number of hydrogen-bond acceptors (Lipinski definition) is 5. The van der Waals surface area contributed by atoms with Crippen LogP contribution < -0.4 is 9.47 Å². The second-order valence-electron chi connectivity index (χ2n) is 6.44. The first kappa shape index (κ1) is 18.2. The van der Waals surface area contributed by atoms with Gasteiger partial charge < -0.3 is 14.4 Å². The van der Waals surface area contributed by atoms with Crippen LogP contribution in [0.3, 0.4) is 0 Å². The van der Waals surface area contributed by atoms with E-state index < -0.39 is 0 Å². The minimum Gasteiger partial charge on any atom is -0.496 e. The maximum atomic E-state index is 12.9. The summed E-state index contributed by atoms with van der Waals surface area (Å²) in [5.41, 5.74) is 2.69. The van der Waals surface area contributed by atoms with Crippen LogP contribution in [0.2, 0.25) is 0 Å². The lowest BCUT2D eigenvalue weighted by Crippen LogP contribution is -2.48. The summed E-state index contributed by atoms with van der Waals surface area (Å²) in [4.78, 5) is 21.3. The number of hydrogen-bond donors (Lipinski definition) is 0. The number of aromatic nitrogens is 1. The van der Waals surface area contributed by atoms with Crippen molar-refractivity contribution in [3.63, 3.8) is 0 Å². The van der Waals surface area contributed by atoms with Gasteiger partial charge in [0.25, 0.3) is 5.91 Å². The molecule has 0 bridgehead atoms. The molecular weight excluding hydrogens is 330 g/mol. The Balaban J connectivity index is 1.65. The molecule has 6 heteroatoms. The molecule has 0 atom stereocenters. The van der Waals surface area contributed by atoms with E-state index in [0.29, 0.717) is 30.2 Å². The molecule has 26 heavy (non-hydrogen) atoms. The summed E-state index contributed by atoms with van der Waals surface area (Å²) in [7, 11) is 3.21. The number of carbonyl (C=O) groups excluding carboxylic acids is 1. The van der Waals surface area contributed by atoms with Crippen LogP contribution in [0.1, 0.15) is 21.5 Å². The first-order chi connectivity index (χ1) is 12.6. The lowest BCUT2D eigenvalue weighted by Gasteiger charge is -2.34. The molecule has 0 N–H and O–H groups in total. The summed E-state index contributed by atoms with van der Waals surface area (Å²) < 4.78 is 10.8. The van der Waals surface area contributed by atoms with Crippen molar-refractivity contribution >= 4 is 5.91 Å². The minimum atomic E-state index is 0.0163. The number of methoxy groups -OCH3 is 2. The SMILES string of the molecule is COc1cc(C(=O)N2CCN(Cc3cccnc3)CC2)cc(OC)c1C. The third-order valence-corrected chi connectivity index (χ3v) is 4.79. The average Bonchev–Trinajstić information content (AvgIpc) is 2.69. The van der Waals surface area contributed by atoms with E-state index in [1.807, 2.05) is 24.1 Å². The van der Waals surface area contributed by atoms with Gasteiger partial charge >= 0.3 is 0 Å². The molecule has 2 heterocycles. The number of benzene rings is 1. The summed E-state index contributed by atoms with van der Waals surface area (Å²) in [5.74, 6) is 1.36. The first-order valence-corrected chi connectivity index (χ1v) is 8.75. The van der Waals surface area contributed by atoms with Crippen molar-refractivity contribution in [1.29, 1.82) is 0 Å². The second-order valence-corrected chi connectivity index (χ2v) is 6.44. The van der Waals surface area contributed by atoms with E-state index >= 15 is 0 Å². The average molecular weight is 355 g/mol. The predicted molar refractivity (Wildman–Crippen MR) is 99.7 cm³/mol. The molecule has 1 aromatic carbocycles. The maximum absolute atomic E-state index is 12.9. The van der Waals surface area contributed by atoms with Gasteiger partial charge in [-0.05, 0) is 30.7 Å². The topological polar surface area (TPSA) is 54.9 Å². The van der Waals surface area contributed by atoms with Crippen molar-refractivity contribution in [1.82, 2.24) is 14.8 Å². The quantitative estimate of drug-likeness (QED) is 0.824. The van der Waals surface area contributed by atoms with Crippen LogP contribution in [0, 0.1) is 6.92 Å². The van der Waals surface area contributed by atoms with E-state index in [2.05, 4.69) is 16.0 Å². The molecule has 6 nitrogen and oxygen atoms in total. The van der Waals surface area contributed by atoms with Gasteiger partial charge in [0, 0.05) is 56.2 Å². The molecule has 3 rings (SSSR count). The summed E-state index contributed by atoms with van der Waals surface area (Å²) >= 11 is 0. The van der Waals surface area contributed by atoms with Crippen LogP contribution in [0.4, 0.5) is 0 Å². The fourth-order valence-electron chi connectivity index (χ4n) is 3.25. The third-order valence-electron chi connectivity index (χ3n) is 4.79. The second kappa shape index (κ2) is 8.19. The normalized spacial score (nSPS) is 15.0. The standard InChI is InChI=1S/C20H25N3O3/c1-15-18(25-2)11-17(12-19(15)26-3)20(24)23-9-7-22(8-10-23)14-16-5-4-6-21-13-16/h4-6,11-13H,7-10,14H2,1-3H3. The number of carbonyl (C=O) groups is 1. The van der Waals surface area contributed by atoms with Crippen LogP contribution in [0.5, 0.6) is 11.5 Å². The van der Waals surface area contributed by atoms with Gasteiger partial charge in [0.05, 0.1) is 14.2 Å². The zero-order valence-electron chi connectivity index (χ0n) is 15.6. The highest BCUT2D eigenvalue weighted by molar-refractivity contribution is 5.95. The van der Waals surface area contributed by atoms with E-state index in [-0.39, 0.29) is 5.91 Å². The maximum Gasteiger partial charge on any atom is 0.254 e. The van der Waals surface area contributed by atoms with Gasteiger partial charge in [-0.1, -0.05) is 6.07 Å². The van der Waals surface area contributed by atoms with Gasteiger partial charge in [0.1, 0.15) is 11.5 Å². The van der Waals surface area contributed by atoms with E-state index in [9.17, 15) is 4.79 Å². The lowest BCUT2D eigenvalue weighted by atomic mass is 10.1. The van der Waals surface area contributed by atoms with Gasteiger partial charge in [0.15, 0.2) is 0 Å². The molecule has 1 aromatic heterocycles. The Bertz CT molecular complexity index is 731. The minimum absolute atomic E-state index is 0.0163. The van der Waals surface area contributed by atoms with Crippen LogP contribution >= 0.6 is 0 Å². The Morgan fingerprint density at radius 2 is 1.77 bits per heavy atom. The molecule has 1 aliphatic heterocycles. The van der Waals surface area contributed by atoms with Crippen molar-refractivity contribution in [2.75, 3.05) is 40.4 Å². The zero-order valence-corrected chi connectivity index (χ0v) is 15.6. The fourth-order valence-corrected chi connectivity index (χ4v) is 3.25. The number of amides is 1. The van der Waals surface area contributed by atoms with Crippen molar-refractivity contribution in [2.24, 2.45) is 0 Å². The highest BCUT2D eigenvalue weighted by Gasteiger charge is 2.23. The Labute approximate surface area is 154 Å². The summed E-state index contributed by atoms with van der Waals surface area (Å²) in [6, 6.07) is 7.62. The van der Waals surface area contributed by atoms with Gasteiger partial charge in [0.2, 0.25) is 0 Å². The van der Waals surface area contributed by atoms with Crippen LogP contribution in [-0.2, 0) is 6.54 Å². The molecule has 1 fully saturated rings. The number of pyridine rings is 1. The number of nitrogens with zero attached hydrogens (tertiary/aromatic N) is 3. The van der Waals surface area contributed by atoms with E-state index in [1.165, 1.54) is 5.56 Å². The van der Waals surface area contributed by atoms with Crippen molar-refractivity contribution in [2.45, 2.75) is 13.5 Å².